The van der Waals surface area contributed by atoms with E-state index in [1.54, 1.807) is 25.2 Å². The molecule has 0 saturated heterocycles. The Bertz CT molecular complexity index is 240. The van der Waals surface area contributed by atoms with Crippen molar-refractivity contribution in [3.63, 3.8) is 0 Å². The lowest BCUT2D eigenvalue weighted by molar-refractivity contribution is 1.02. The molecule has 1 rings (SSSR count). The van der Waals surface area contributed by atoms with Crippen LogP contribution in [0.1, 0.15) is 0 Å². The molecule has 0 heterocycles. The number of hydrogen-bond acceptors (Lipinski definition) is 2. The summed E-state index contributed by atoms with van der Waals surface area (Å²) in [5.74, 6) is 5.47. The smallest absolute Gasteiger partial charge is 0.0543 e. The molecule has 0 fully saturated rings. The lowest BCUT2D eigenvalue weighted by Crippen LogP contribution is -2.24. The first-order valence-electron chi connectivity index (χ1n) is 3.04. The Hall–Kier alpha value is -0.440. The van der Waals surface area contributed by atoms with Gasteiger partial charge in [-0.3, -0.25) is 0 Å². The van der Waals surface area contributed by atoms with Gasteiger partial charge in [-0.15, -0.1) is 0 Å². The van der Waals surface area contributed by atoms with Gasteiger partial charge in [0.1, 0.15) is 0 Å². The highest BCUT2D eigenvalue weighted by Crippen LogP contribution is 2.23. The molecule has 11 heavy (non-hydrogen) atoms. The fourth-order valence-corrected chi connectivity index (χ4v) is 1.26. The summed E-state index contributed by atoms with van der Waals surface area (Å²) in [4.78, 5) is 0. The highest BCUT2D eigenvalue weighted by Gasteiger charge is 1.98. The third kappa shape index (κ3) is 2.26. The SMILES string of the molecule is CN(N)c1cc(Cl)cc(Cl)c1. The predicted molar refractivity (Wildman–Crippen MR) is 49.1 cm³/mol. The lowest BCUT2D eigenvalue weighted by atomic mass is 10.3. The van der Waals surface area contributed by atoms with Crippen LogP contribution in [0.4, 0.5) is 5.69 Å². The molecule has 2 nitrogen and oxygen atoms in total. The molecule has 1 aromatic carbocycles. The Kier molecular flexibility index (Phi) is 2.60. The summed E-state index contributed by atoms with van der Waals surface area (Å²) >= 11 is 11.5. The van der Waals surface area contributed by atoms with Crippen molar-refractivity contribution in [2.45, 2.75) is 0 Å². The molecule has 0 amide bonds. The Labute approximate surface area is 75.5 Å². The number of benzene rings is 1. The molecule has 2 N–H and O–H groups in total. The van der Waals surface area contributed by atoms with E-state index in [1.165, 1.54) is 5.01 Å². The second-order valence-electron chi connectivity index (χ2n) is 2.24. The summed E-state index contributed by atoms with van der Waals surface area (Å²) in [5, 5.41) is 2.63. The van der Waals surface area contributed by atoms with E-state index in [0.717, 1.165) is 5.69 Å². The number of hydrogen-bond donors (Lipinski definition) is 1. The maximum absolute atomic E-state index is 5.73. The Morgan fingerprint density at radius 1 is 1.18 bits per heavy atom. The summed E-state index contributed by atoms with van der Waals surface area (Å²) in [7, 11) is 1.72. The van der Waals surface area contributed by atoms with Crippen LogP contribution in [0.3, 0.4) is 0 Å². The van der Waals surface area contributed by atoms with E-state index in [9.17, 15) is 0 Å². The zero-order chi connectivity index (χ0) is 8.43. The Morgan fingerprint density at radius 3 is 2.00 bits per heavy atom. The van der Waals surface area contributed by atoms with Crippen molar-refractivity contribution >= 4 is 28.9 Å². The summed E-state index contributed by atoms with van der Waals surface area (Å²) < 4.78 is 0. The van der Waals surface area contributed by atoms with E-state index in [-0.39, 0.29) is 0 Å². The topological polar surface area (TPSA) is 29.3 Å². The minimum Gasteiger partial charge on any atom is -0.314 e. The average molecular weight is 191 g/mol. The van der Waals surface area contributed by atoms with Crippen molar-refractivity contribution in [2.75, 3.05) is 12.1 Å². The fraction of sp³-hybridized carbons (Fsp3) is 0.143. The molecule has 60 valence electrons. The van der Waals surface area contributed by atoms with Crippen LogP contribution in [0.2, 0.25) is 10.0 Å². The summed E-state index contributed by atoms with van der Waals surface area (Å²) in [6.45, 7) is 0. The second-order valence-corrected chi connectivity index (χ2v) is 3.11. The highest BCUT2D eigenvalue weighted by molar-refractivity contribution is 6.35. The number of hydrazine groups is 1. The number of anilines is 1. The van der Waals surface area contributed by atoms with E-state index in [0.29, 0.717) is 10.0 Å². The molecule has 0 aliphatic heterocycles. The maximum atomic E-state index is 5.73. The molecular formula is C7H8Cl2N2. The molecule has 0 aromatic heterocycles. The van der Waals surface area contributed by atoms with Gasteiger partial charge < -0.3 is 5.01 Å². The fourth-order valence-electron chi connectivity index (χ4n) is 0.743. The number of halogens is 2. The molecular weight excluding hydrogens is 183 g/mol. The highest BCUT2D eigenvalue weighted by atomic mass is 35.5. The third-order valence-corrected chi connectivity index (χ3v) is 1.69. The van der Waals surface area contributed by atoms with Gasteiger partial charge in [-0.05, 0) is 18.2 Å². The quantitative estimate of drug-likeness (QED) is 0.545. The van der Waals surface area contributed by atoms with Crippen molar-refractivity contribution in [3.05, 3.63) is 28.2 Å². The molecule has 0 bridgehead atoms. The standard InChI is InChI=1S/C7H8Cl2N2/c1-11(10)7-3-5(8)2-6(9)4-7/h2-4H,10H2,1H3. The van der Waals surface area contributed by atoms with Crippen LogP contribution in [0, 0.1) is 0 Å². The van der Waals surface area contributed by atoms with Crippen LogP contribution in [-0.4, -0.2) is 7.05 Å². The number of rotatable bonds is 1. The zero-order valence-corrected chi connectivity index (χ0v) is 7.52. The van der Waals surface area contributed by atoms with E-state index >= 15 is 0 Å². The van der Waals surface area contributed by atoms with Crippen LogP contribution in [0.5, 0.6) is 0 Å². The number of nitrogens with zero attached hydrogens (tertiary/aromatic N) is 1. The van der Waals surface area contributed by atoms with Gasteiger partial charge in [0, 0.05) is 17.1 Å². The molecule has 0 aliphatic carbocycles. The molecule has 4 heteroatoms. The van der Waals surface area contributed by atoms with Gasteiger partial charge in [-0.1, -0.05) is 23.2 Å². The molecule has 0 unspecified atom stereocenters. The zero-order valence-electron chi connectivity index (χ0n) is 6.01. The molecule has 0 saturated carbocycles. The second kappa shape index (κ2) is 3.30. The molecule has 0 aliphatic rings. The van der Waals surface area contributed by atoms with Crippen LogP contribution < -0.4 is 10.9 Å². The normalized spacial score (nSPS) is 9.82. The first-order valence-corrected chi connectivity index (χ1v) is 3.79. The molecule has 0 spiro atoms. The Balaban J connectivity index is 3.08. The molecule has 0 atom stereocenters. The monoisotopic (exact) mass is 190 g/mol. The van der Waals surface area contributed by atoms with Crippen molar-refractivity contribution in [3.8, 4) is 0 Å². The van der Waals surface area contributed by atoms with Gasteiger partial charge in [0.2, 0.25) is 0 Å². The van der Waals surface area contributed by atoms with Crippen LogP contribution >= 0.6 is 23.2 Å². The lowest BCUT2D eigenvalue weighted by Gasteiger charge is -2.11. The summed E-state index contributed by atoms with van der Waals surface area (Å²) in [6, 6.07) is 5.15. The average Bonchev–Trinajstić information content (AvgIpc) is 1.85. The van der Waals surface area contributed by atoms with Crippen molar-refractivity contribution in [1.82, 2.24) is 0 Å². The van der Waals surface area contributed by atoms with Crippen LogP contribution in [0.25, 0.3) is 0 Å². The van der Waals surface area contributed by atoms with E-state index in [4.69, 9.17) is 29.0 Å². The van der Waals surface area contributed by atoms with Crippen molar-refractivity contribution < 1.29 is 0 Å². The summed E-state index contributed by atoms with van der Waals surface area (Å²) in [6.07, 6.45) is 0. The van der Waals surface area contributed by atoms with E-state index in [2.05, 4.69) is 0 Å². The van der Waals surface area contributed by atoms with Crippen molar-refractivity contribution in [2.24, 2.45) is 5.84 Å². The van der Waals surface area contributed by atoms with Gasteiger partial charge in [0.15, 0.2) is 0 Å². The van der Waals surface area contributed by atoms with Crippen molar-refractivity contribution in [1.29, 1.82) is 0 Å². The maximum Gasteiger partial charge on any atom is 0.0543 e. The van der Waals surface area contributed by atoms with Gasteiger partial charge in [0.25, 0.3) is 0 Å². The number of nitrogens with two attached hydrogens (primary N) is 1. The first kappa shape index (κ1) is 8.65. The van der Waals surface area contributed by atoms with Gasteiger partial charge in [0.05, 0.1) is 5.69 Å². The minimum absolute atomic E-state index is 0.588. The van der Waals surface area contributed by atoms with Crippen LogP contribution in [-0.2, 0) is 0 Å². The van der Waals surface area contributed by atoms with Gasteiger partial charge >= 0.3 is 0 Å². The predicted octanol–water partition coefficient (Wildman–Crippen LogP) is 2.30. The molecule has 1 aromatic rings. The van der Waals surface area contributed by atoms with E-state index < -0.39 is 0 Å². The van der Waals surface area contributed by atoms with Gasteiger partial charge in [-0.2, -0.15) is 0 Å². The largest absolute Gasteiger partial charge is 0.314 e. The summed E-state index contributed by atoms with van der Waals surface area (Å²) in [5.41, 5.74) is 0.794. The van der Waals surface area contributed by atoms with Crippen LogP contribution in [0.15, 0.2) is 18.2 Å². The van der Waals surface area contributed by atoms with E-state index in [1.807, 2.05) is 0 Å². The third-order valence-electron chi connectivity index (χ3n) is 1.25. The Morgan fingerprint density at radius 2 is 1.64 bits per heavy atom. The molecule has 0 radical (unpaired) electrons. The first-order chi connectivity index (χ1) is 5.09. The minimum atomic E-state index is 0.588. The van der Waals surface area contributed by atoms with Gasteiger partial charge in [-0.25, -0.2) is 5.84 Å².